The average Bonchev–Trinajstić information content (AvgIpc) is 3.13. The van der Waals surface area contributed by atoms with Crippen molar-refractivity contribution in [1.82, 2.24) is 0 Å². The first-order valence-electron chi connectivity index (χ1n) is 10.8. The number of piperidine rings is 2. The Hall–Kier alpha value is -2.08. The van der Waals surface area contributed by atoms with Gasteiger partial charge < -0.3 is 18.7 Å². The number of quaternary nitrogens is 1. The van der Waals surface area contributed by atoms with E-state index in [0.717, 1.165) is 16.5 Å². The zero-order chi connectivity index (χ0) is 20.4. The fraction of sp³-hybridized carbons (Fsp3) is 0.652. The van der Waals surface area contributed by atoms with Crippen LogP contribution in [0.2, 0.25) is 0 Å². The van der Waals surface area contributed by atoms with Crippen molar-refractivity contribution in [3.8, 4) is 5.75 Å². The second-order valence-electron chi connectivity index (χ2n) is 8.99. The molecule has 0 spiro atoms. The minimum atomic E-state index is -0.645. The van der Waals surface area contributed by atoms with Crippen LogP contribution in [0.4, 0.5) is 0 Å². The fourth-order valence-electron chi connectivity index (χ4n) is 5.67. The maximum atomic E-state index is 13.0. The molecule has 1 aromatic rings. The summed E-state index contributed by atoms with van der Waals surface area (Å²) in [6, 6.07) is 7.95. The van der Waals surface area contributed by atoms with Crippen molar-refractivity contribution in [3.63, 3.8) is 0 Å². The van der Waals surface area contributed by atoms with E-state index >= 15 is 0 Å². The van der Waals surface area contributed by atoms with Gasteiger partial charge in [-0.1, -0.05) is 18.2 Å². The minimum Gasteiger partial charge on any atom is -0.496 e. The molecule has 3 saturated heterocycles. The van der Waals surface area contributed by atoms with Crippen LogP contribution in [0.1, 0.15) is 50.2 Å². The number of rotatable bonds is 5. The molecule has 3 fully saturated rings. The van der Waals surface area contributed by atoms with Crippen molar-refractivity contribution in [1.29, 1.82) is 0 Å². The summed E-state index contributed by atoms with van der Waals surface area (Å²) in [6.07, 6.45) is 5.49. The first kappa shape index (κ1) is 20.2. The quantitative estimate of drug-likeness (QED) is 0.559. The summed E-state index contributed by atoms with van der Waals surface area (Å²) in [6.45, 7) is 2.91. The predicted molar refractivity (Wildman–Crippen MR) is 107 cm³/mol. The van der Waals surface area contributed by atoms with Crippen LogP contribution >= 0.6 is 0 Å². The van der Waals surface area contributed by atoms with Gasteiger partial charge in [-0.25, -0.2) is 0 Å². The van der Waals surface area contributed by atoms with E-state index < -0.39 is 12.0 Å². The van der Waals surface area contributed by atoms with Gasteiger partial charge in [0.15, 0.2) is 0 Å². The summed E-state index contributed by atoms with van der Waals surface area (Å²) >= 11 is 0. The third kappa shape index (κ3) is 4.00. The van der Waals surface area contributed by atoms with Gasteiger partial charge in [0.2, 0.25) is 0 Å². The molecule has 0 aromatic heterocycles. The average molecular weight is 403 g/mol. The van der Waals surface area contributed by atoms with E-state index in [0.29, 0.717) is 24.3 Å². The number of hydrogen-bond acceptors (Lipinski definition) is 5. The highest BCUT2D eigenvalue weighted by Crippen LogP contribution is 2.41. The standard InChI is InChI=1S/C23H32NO5/c1-24-12-6-5-10-19(24)16(8-7-13-24)15-28-23(26)18-14-21(25)29-22(18)17-9-3-4-11-20(17)27-2/h3-4,9,11,16,18-19,22H,5-8,10,12-15H2,1-2H3/q+1/t16-,18-,19+,22-,24-/m0/s1. The topological polar surface area (TPSA) is 61.8 Å². The second-order valence-corrected chi connectivity index (χ2v) is 8.99. The molecule has 0 bridgehead atoms. The molecule has 158 valence electrons. The molecule has 6 heteroatoms. The lowest BCUT2D eigenvalue weighted by molar-refractivity contribution is -0.947. The smallest absolute Gasteiger partial charge is 0.313 e. The Bertz CT molecular complexity index is 761. The van der Waals surface area contributed by atoms with E-state index in [4.69, 9.17) is 14.2 Å². The number of ether oxygens (including phenoxy) is 3. The molecule has 3 aliphatic rings. The van der Waals surface area contributed by atoms with Gasteiger partial charge in [0, 0.05) is 17.9 Å². The molecule has 3 heterocycles. The molecule has 1 aromatic carbocycles. The van der Waals surface area contributed by atoms with Crippen molar-refractivity contribution < 1.29 is 28.3 Å². The van der Waals surface area contributed by atoms with E-state index in [1.54, 1.807) is 7.11 Å². The molecular formula is C23H32NO5+. The van der Waals surface area contributed by atoms with Gasteiger partial charge >= 0.3 is 11.9 Å². The molecule has 3 aliphatic heterocycles. The summed E-state index contributed by atoms with van der Waals surface area (Å²) in [4.78, 5) is 25.0. The third-order valence-corrected chi connectivity index (χ3v) is 7.21. The molecule has 6 nitrogen and oxygen atoms in total. The van der Waals surface area contributed by atoms with Crippen LogP contribution in [0.15, 0.2) is 24.3 Å². The molecule has 5 atom stereocenters. The van der Waals surface area contributed by atoms with Crippen molar-refractivity contribution in [2.75, 3.05) is 33.9 Å². The Balaban J connectivity index is 1.44. The lowest BCUT2D eigenvalue weighted by Gasteiger charge is -2.51. The molecule has 0 N–H and O–H groups in total. The Labute approximate surface area is 172 Å². The molecule has 0 amide bonds. The summed E-state index contributed by atoms with van der Waals surface area (Å²) in [5.41, 5.74) is 0.719. The number of esters is 2. The lowest BCUT2D eigenvalue weighted by Crippen LogP contribution is -2.61. The summed E-state index contributed by atoms with van der Waals surface area (Å²) in [5.74, 6) is -0.290. The maximum absolute atomic E-state index is 13.0. The maximum Gasteiger partial charge on any atom is 0.313 e. The number of carbonyl (C=O) groups is 2. The van der Waals surface area contributed by atoms with E-state index in [1.807, 2.05) is 24.3 Å². The summed E-state index contributed by atoms with van der Waals surface area (Å²) < 4.78 is 17.8. The SMILES string of the molecule is COc1ccccc1[C@@H]1OC(=O)C[C@@H]1C(=O)OC[C@@H]1CCC[N@+]2(C)CCCC[C@H]12. The van der Waals surface area contributed by atoms with Crippen molar-refractivity contribution >= 4 is 11.9 Å². The largest absolute Gasteiger partial charge is 0.496 e. The Morgan fingerprint density at radius 2 is 1.97 bits per heavy atom. The van der Waals surface area contributed by atoms with Crippen LogP contribution in [0, 0.1) is 11.8 Å². The highest BCUT2D eigenvalue weighted by molar-refractivity contribution is 5.84. The molecule has 0 saturated carbocycles. The minimum absolute atomic E-state index is 0.0589. The van der Waals surface area contributed by atoms with Gasteiger partial charge in [-0.15, -0.1) is 0 Å². The van der Waals surface area contributed by atoms with E-state index in [2.05, 4.69) is 7.05 Å². The highest BCUT2D eigenvalue weighted by Gasteiger charge is 2.46. The first-order valence-corrected chi connectivity index (χ1v) is 10.8. The highest BCUT2D eigenvalue weighted by atomic mass is 16.6. The zero-order valence-corrected chi connectivity index (χ0v) is 17.5. The van der Waals surface area contributed by atoms with Crippen LogP contribution in [0.5, 0.6) is 5.75 Å². The molecule has 0 aliphatic carbocycles. The van der Waals surface area contributed by atoms with Crippen molar-refractivity contribution in [3.05, 3.63) is 29.8 Å². The predicted octanol–water partition coefficient (Wildman–Crippen LogP) is 3.25. The van der Waals surface area contributed by atoms with Gasteiger partial charge in [-0.3, -0.25) is 9.59 Å². The van der Waals surface area contributed by atoms with Crippen molar-refractivity contribution in [2.45, 2.75) is 50.7 Å². The molecule has 4 rings (SSSR count). The van der Waals surface area contributed by atoms with Gasteiger partial charge in [-0.05, 0) is 31.7 Å². The molecule has 29 heavy (non-hydrogen) atoms. The van der Waals surface area contributed by atoms with E-state index in [1.165, 1.54) is 38.8 Å². The number of nitrogens with zero attached hydrogens (tertiary/aromatic N) is 1. The molecule has 0 unspecified atom stereocenters. The monoisotopic (exact) mass is 402 g/mol. The van der Waals surface area contributed by atoms with Crippen LogP contribution < -0.4 is 4.74 Å². The number of cyclic esters (lactones) is 1. The fourth-order valence-corrected chi connectivity index (χ4v) is 5.67. The molecule has 0 radical (unpaired) electrons. The number of benzene rings is 1. The second kappa shape index (κ2) is 8.34. The van der Waals surface area contributed by atoms with Crippen LogP contribution in [0.3, 0.4) is 0 Å². The Kier molecular flexibility index (Phi) is 5.81. The third-order valence-electron chi connectivity index (χ3n) is 7.21. The summed E-state index contributed by atoms with van der Waals surface area (Å²) in [7, 11) is 3.93. The summed E-state index contributed by atoms with van der Waals surface area (Å²) in [5, 5.41) is 0. The van der Waals surface area contributed by atoms with Crippen molar-refractivity contribution in [2.24, 2.45) is 11.8 Å². The Morgan fingerprint density at radius 3 is 2.79 bits per heavy atom. The van der Waals surface area contributed by atoms with E-state index in [9.17, 15) is 9.59 Å². The lowest BCUT2D eigenvalue weighted by atomic mass is 9.82. The number of para-hydroxylation sites is 1. The van der Waals surface area contributed by atoms with Gasteiger partial charge in [-0.2, -0.15) is 0 Å². The number of methoxy groups -OCH3 is 1. The molecular weight excluding hydrogens is 370 g/mol. The normalized spacial score (nSPS) is 34.2. The number of carbonyl (C=O) groups excluding carboxylic acids is 2. The Morgan fingerprint density at radius 1 is 1.17 bits per heavy atom. The van der Waals surface area contributed by atoms with Gasteiger partial charge in [0.05, 0.1) is 46.3 Å². The van der Waals surface area contributed by atoms with Crippen LogP contribution in [0.25, 0.3) is 0 Å². The van der Waals surface area contributed by atoms with Gasteiger partial charge in [0.1, 0.15) is 17.8 Å². The number of fused-ring (bicyclic) bond motifs is 1. The first-order chi connectivity index (χ1) is 14.0. The van der Waals surface area contributed by atoms with Crippen LogP contribution in [-0.4, -0.2) is 56.3 Å². The van der Waals surface area contributed by atoms with Crippen LogP contribution in [-0.2, 0) is 19.1 Å². The zero-order valence-electron chi connectivity index (χ0n) is 17.5. The van der Waals surface area contributed by atoms with Gasteiger partial charge in [0.25, 0.3) is 0 Å². The number of hydrogen-bond donors (Lipinski definition) is 0. The van der Waals surface area contributed by atoms with E-state index in [-0.39, 0.29) is 18.4 Å².